The molecule has 5 nitrogen and oxygen atoms in total. The van der Waals surface area contributed by atoms with Gasteiger partial charge in [-0.15, -0.1) is 11.8 Å². The maximum Gasteiger partial charge on any atom is 0.405 e. The molecule has 1 aromatic rings. The van der Waals surface area contributed by atoms with Crippen molar-refractivity contribution in [1.29, 1.82) is 0 Å². The van der Waals surface area contributed by atoms with Crippen LogP contribution in [0.4, 0.5) is 13.2 Å². The van der Waals surface area contributed by atoms with Gasteiger partial charge in [-0.1, -0.05) is 0 Å². The van der Waals surface area contributed by atoms with Crippen molar-refractivity contribution in [3.05, 3.63) is 29.5 Å². The largest absolute Gasteiger partial charge is 0.493 e. The van der Waals surface area contributed by atoms with Crippen molar-refractivity contribution in [3.63, 3.8) is 0 Å². The van der Waals surface area contributed by atoms with Gasteiger partial charge in [-0.3, -0.25) is 9.79 Å². The lowest BCUT2D eigenvalue weighted by Crippen LogP contribution is -2.46. The fraction of sp³-hybridized carbons (Fsp3) is 0.444. The van der Waals surface area contributed by atoms with Crippen molar-refractivity contribution >= 4 is 22.6 Å². The average Bonchev–Trinajstić information content (AvgIpc) is 2.65. The standard InChI is InChI=1S/C18H20F3NO4S/c1-10-8-11(24-2)14(25-3)15(26-4)13(10)16(23)17(18(19,20)21)6-7-22-12(9-17)27-5/h6-8H,9H2,1-5H3. The van der Waals surface area contributed by atoms with Crippen LogP contribution in [0.2, 0.25) is 0 Å². The maximum absolute atomic E-state index is 14.1. The SMILES string of the molecule is COc1cc(C)c(C(=O)C2(C(F)(F)F)C=CN=C(SC)C2)c(OC)c1OC. The van der Waals surface area contributed by atoms with Gasteiger partial charge >= 0.3 is 6.18 Å². The first-order chi connectivity index (χ1) is 12.7. The van der Waals surface area contributed by atoms with E-state index in [1.165, 1.54) is 34.3 Å². The number of carbonyl (C=O) groups is 1. The fourth-order valence-corrected chi connectivity index (χ4v) is 3.52. The molecule has 1 atom stereocenters. The molecular formula is C18H20F3NO4S. The Bertz CT molecular complexity index is 805. The summed E-state index contributed by atoms with van der Waals surface area (Å²) in [6.45, 7) is 1.53. The molecular weight excluding hydrogens is 383 g/mol. The van der Waals surface area contributed by atoms with Gasteiger partial charge in [-0.2, -0.15) is 13.2 Å². The smallest absolute Gasteiger partial charge is 0.405 e. The van der Waals surface area contributed by atoms with Crippen molar-refractivity contribution in [1.82, 2.24) is 0 Å². The average molecular weight is 403 g/mol. The molecule has 1 aliphatic heterocycles. The highest BCUT2D eigenvalue weighted by Gasteiger charge is 2.60. The number of rotatable bonds is 5. The molecule has 0 aliphatic carbocycles. The Hall–Kier alpha value is -2.16. The zero-order valence-electron chi connectivity index (χ0n) is 15.6. The maximum atomic E-state index is 14.1. The minimum atomic E-state index is -4.82. The highest BCUT2D eigenvalue weighted by Crippen LogP contribution is 2.51. The zero-order valence-corrected chi connectivity index (χ0v) is 16.4. The van der Waals surface area contributed by atoms with Crippen LogP contribution in [-0.2, 0) is 0 Å². The zero-order chi connectivity index (χ0) is 20.4. The number of hydrogen-bond donors (Lipinski definition) is 0. The predicted octanol–water partition coefficient (Wildman–Crippen LogP) is 4.43. The quantitative estimate of drug-likeness (QED) is 0.681. The molecule has 0 radical (unpaired) electrons. The Morgan fingerprint density at radius 2 is 1.81 bits per heavy atom. The molecule has 0 saturated carbocycles. The molecule has 0 aromatic heterocycles. The summed E-state index contributed by atoms with van der Waals surface area (Å²) < 4.78 is 58.0. The van der Waals surface area contributed by atoms with E-state index >= 15 is 0 Å². The van der Waals surface area contributed by atoms with E-state index in [0.717, 1.165) is 24.0 Å². The molecule has 1 aromatic carbocycles. The minimum absolute atomic E-state index is 0.0600. The van der Waals surface area contributed by atoms with E-state index < -0.39 is 23.8 Å². The molecule has 1 aliphatic rings. The Labute approximate surface area is 159 Å². The normalized spacial score (nSPS) is 19.5. The first kappa shape index (κ1) is 21.1. The van der Waals surface area contributed by atoms with E-state index in [-0.39, 0.29) is 27.9 Å². The Kier molecular flexibility index (Phi) is 6.14. The molecule has 2 rings (SSSR count). The van der Waals surface area contributed by atoms with Crippen LogP contribution in [0.5, 0.6) is 17.2 Å². The third-order valence-electron chi connectivity index (χ3n) is 4.41. The number of nitrogens with zero attached hydrogens (tertiary/aromatic N) is 1. The summed E-state index contributed by atoms with van der Waals surface area (Å²) in [5, 5.41) is 0.222. The highest BCUT2D eigenvalue weighted by molar-refractivity contribution is 8.13. The second-order valence-electron chi connectivity index (χ2n) is 5.85. The molecule has 148 valence electrons. The van der Waals surface area contributed by atoms with E-state index in [1.807, 2.05) is 0 Å². The molecule has 0 bridgehead atoms. The number of allylic oxidation sites excluding steroid dienone is 1. The molecule has 0 amide bonds. The van der Waals surface area contributed by atoms with E-state index in [9.17, 15) is 18.0 Å². The first-order valence-corrected chi connectivity index (χ1v) is 9.08. The van der Waals surface area contributed by atoms with Crippen molar-refractivity contribution in [3.8, 4) is 17.2 Å². The number of carbonyl (C=O) groups excluding carboxylic acids is 1. The van der Waals surface area contributed by atoms with E-state index in [1.54, 1.807) is 6.26 Å². The van der Waals surface area contributed by atoms with E-state index in [4.69, 9.17) is 14.2 Å². The van der Waals surface area contributed by atoms with Crippen molar-refractivity contribution in [2.75, 3.05) is 27.6 Å². The summed E-state index contributed by atoms with van der Waals surface area (Å²) in [5.41, 5.74) is -2.63. The fourth-order valence-electron chi connectivity index (χ4n) is 2.98. The number of ether oxygens (including phenoxy) is 3. The second-order valence-corrected chi connectivity index (χ2v) is 6.73. The summed E-state index contributed by atoms with van der Waals surface area (Å²) in [6, 6.07) is 1.45. The number of ketones is 1. The third kappa shape index (κ3) is 3.52. The minimum Gasteiger partial charge on any atom is -0.493 e. The van der Waals surface area contributed by atoms with Gasteiger partial charge in [0, 0.05) is 12.6 Å². The Morgan fingerprint density at radius 1 is 1.19 bits per heavy atom. The van der Waals surface area contributed by atoms with Gasteiger partial charge in [0.15, 0.2) is 22.7 Å². The number of halogens is 3. The molecule has 1 heterocycles. The third-order valence-corrected chi connectivity index (χ3v) is 5.13. The number of aliphatic imine (C=N–C) groups is 1. The number of aryl methyl sites for hydroxylation is 1. The van der Waals surface area contributed by atoms with Gasteiger partial charge in [0.2, 0.25) is 5.75 Å². The lowest BCUT2D eigenvalue weighted by atomic mass is 9.75. The number of Topliss-reactive ketones (excluding diaryl/α,β-unsaturated/α-hetero) is 1. The van der Waals surface area contributed by atoms with Crippen LogP contribution in [-0.4, -0.2) is 44.6 Å². The van der Waals surface area contributed by atoms with Crippen LogP contribution in [0.15, 0.2) is 23.3 Å². The number of thioether (sulfide) groups is 1. The van der Waals surface area contributed by atoms with Crippen molar-refractivity contribution in [2.45, 2.75) is 19.5 Å². The van der Waals surface area contributed by atoms with Crippen LogP contribution in [0.1, 0.15) is 22.3 Å². The van der Waals surface area contributed by atoms with Gasteiger partial charge in [-0.25, -0.2) is 0 Å². The van der Waals surface area contributed by atoms with Gasteiger partial charge < -0.3 is 14.2 Å². The number of alkyl halides is 3. The molecule has 0 N–H and O–H groups in total. The van der Waals surface area contributed by atoms with Crippen molar-refractivity contribution < 1.29 is 32.2 Å². The van der Waals surface area contributed by atoms with Gasteiger partial charge in [0.25, 0.3) is 0 Å². The van der Waals surface area contributed by atoms with Crippen LogP contribution < -0.4 is 14.2 Å². The lowest BCUT2D eigenvalue weighted by molar-refractivity contribution is -0.185. The molecule has 0 fully saturated rings. The Morgan fingerprint density at radius 3 is 2.30 bits per heavy atom. The van der Waals surface area contributed by atoms with Crippen molar-refractivity contribution in [2.24, 2.45) is 10.4 Å². The summed E-state index contributed by atoms with van der Waals surface area (Å²) >= 11 is 1.08. The number of hydrogen-bond acceptors (Lipinski definition) is 6. The van der Waals surface area contributed by atoms with E-state index in [2.05, 4.69) is 4.99 Å². The van der Waals surface area contributed by atoms with Crippen LogP contribution in [0.25, 0.3) is 0 Å². The van der Waals surface area contributed by atoms with Gasteiger partial charge in [-0.05, 0) is 30.9 Å². The van der Waals surface area contributed by atoms with E-state index in [0.29, 0.717) is 5.56 Å². The number of benzene rings is 1. The van der Waals surface area contributed by atoms with Gasteiger partial charge in [0.1, 0.15) is 0 Å². The summed E-state index contributed by atoms with van der Waals surface area (Å²) in [4.78, 5) is 17.2. The molecule has 0 spiro atoms. The second kappa shape index (κ2) is 7.84. The van der Waals surface area contributed by atoms with Crippen LogP contribution in [0, 0.1) is 12.3 Å². The molecule has 27 heavy (non-hydrogen) atoms. The first-order valence-electron chi connectivity index (χ1n) is 7.86. The topological polar surface area (TPSA) is 57.1 Å². The molecule has 0 saturated heterocycles. The van der Waals surface area contributed by atoms with Gasteiger partial charge in [0.05, 0.1) is 31.9 Å². The monoisotopic (exact) mass is 403 g/mol. The number of methoxy groups -OCH3 is 3. The molecule has 1 unspecified atom stereocenters. The predicted molar refractivity (Wildman–Crippen MR) is 98.4 cm³/mol. The molecule has 9 heteroatoms. The Balaban J connectivity index is 2.74. The lowest BCUT2D eigenvalue weighted by Gasteiger charge is -2.34. The summed E-state index contributed by atoms with van der Waals surface area (Å²) in [6.07, 6.45) is -1.92. The highest BCUT2D eigenvalue weighted by atomic mass is 32.2. The summed E-state index contributed by atoms with van der Waals surface area (Å²) in [5.74, 6) is -0.896. The van der Waals surface area contributed by atoms with Crippen LogP contribution in [0.3, 0.4) is 0 Å². The van der Waals surface area contributed by atoms with Crippen LogP contribution >= 0.6 is 11.8 Å². The summed E-state index contributed by atoms with van der Waals surface area (Å²) in [7, 11) is 3.97.